The van der Waals surface area contributed by atoms with Gasteiger partial charge in [0.1, 0.15) is 5.75 Å². The Labute approximate surface area is 146 Å². The third-order valence-corrected chi connectivity index (χ3v) is 4.64. The first-order valence-corrected chi connectivity index (χ1v) is 8.25. The van der Waals surface area contributed by atoms with Crippen LogP contribution in [0.2, 0.25) is 0 Å². The van der Waals surface area contributed by atoms with E-state index in [1.165, 1.54) is 0 Å². The highest BCUT2D eigenvalue weighted by Gasteiger charge is 2.29. The van der Waals surface area contributed by atoms with Crippen LogP contribution in [0, 0.1) is 11.3 Å². The lowest BCUT2D eigenvalue weighted by Crippen LogP contribution is -2.33. The highest BCUT2D eigenvalue weighted by atomic mass is 16.3. The number of fused-ring (bicyclic) bond motifs is 1. The quantitative estimate of drug-likeness (QED) is 0.773. The second-order valence-corrected chi connectivity index (χ2v) is 6.40. The van der Waals surface area contributed by atoms with Crippen molar-refractivity contribution in [1.82, 2.24) is 14.9 Å². The number of phenolic OH excluding ortho intramolecular Hbond substituents is 1. The van der Waals surface area contributed by atoms with E-state index in [1.807, 2.05) is 42.5 Å². The molecule has 1 aliphatic rings. The molecule has 25 heavy (non-hydrogen) atoms. The van der Waals surface area contributed by atoms with Gasteiger partial charge in [-0.2, -0.15) is 5.26 Å². The lowest BCUT2D eigenvalue weighted by atomic mass is 9.90. The monoisotopic (exact) mass is 330 g/mol. The van der Waals surface area contributed by atoms with Crippen LogP contribution in [0.15, 0.2) is 54.9 Å². The maximum Gasteiger partial charge on any atom is 0.115 e. The van der Waals surface area contributed by atoms with Crippen molar-refractivity contribution in [2.24, 2.45) is 0 Å². The Kier molecular flexibility index (Phi) is 3.96. The molecule has 4 rings (SSSR count). The van der Waals surface area contributed by atoms with Crippen LogP contribution >= 0.6 is 0 Å². The molecule has 5 heteroatoms. The first-order valence-electron chi connectivity index (χ1n) is 8.25. The molecule has 5 nitrogen and oxygen atoms in total. The highest BCUT2D eigenvalue weighted by molar-refractivity contribution is 5.38. The topological polar surface area (TPSA) is 75.9 Å². The number of hydrogen-bond donors (Lipinski definition) is 2. The molecule has 2 aromatic carbocycles. The Balaban J connectivity index is 1.63. The lowest BCUT2D eigenvalue weighted by molar-refractivity contribution is 0.227. The van der Waals surface area contributed by atoms with Crippen LogP contribution in [0.1, 0.15) is 34.0 Å². The molecule has 0 bridgehead atoms. The smallest absolute Gasteiger partial charge is 0.115 e. The van der Waals surface area contributed by atoms with Crippen LogP contribution in [-0.2, 0) is 13.1 Å². The average Bonchev–Trinajstić information content (AvgIpc) is 3.09. The molecule has 1 aliphatic heterocycles. The van der Waals surface area contributed by atoms with E-state index in [0.717, 1.165) is 42.1 Å². The fourth-order valence-electron chi connectivity index (χ4n) is 3.51. The summed E-state index contributed by atoms with van der Waals surface area (Å²) in [4.78, 5) is 10.1. The van der Waals surface area contributed by atoms with Crippen LogP contribution in [0.3, 0.4) is 0 Å². The van der Waals surface area contributed by atoms with E-state index in [0.29, 0.717) is 5.56 Å². The number of phenols is 1. The van der Waals surface area contributed by atoms with Crippen LogP contribution in [-0.4, -0.2) is 26.5 Å². The zero-order chi connectivity index (χ0) is 17.2. The Bertz CT molecular complexity index is 941. The van der Waals surface area contributed by atoms with Gasteiger partial charge in [-0.05, 0) is 35.4 Å². The Morgan fingerprint density at radius 3 is 2.96 bits per heavy atom. The number of hydrogen-bond acceptors (Lipinski definition) is 4. The van der Waals surface area contributed by atoms with Crippen molar-refractivity contribution in [3.8, 4) is 11.8 Å². The van der Waals surface area contributed by atoms with Crippen LogP contribution in [0.25, 0.3) is 0 Å². The molecule has 0 spiro atoms. The number of H-pyrrole nitrogens is 1. The molecular weight excluding hydrogens is 312 g/mol. The summed E-state index contributed by atoms with van der Waals surface area (Å²) in [6, 6.07) is 17.3. The zero-order valence-corrected chi connectivity index (χ0v) is 13.7. The summed E-state index contributed by atoms with van der Waals surface area (Å²) < 4.78 is 0. The number of aromatic amines is 1. The second kappa shape index (κ2) is 6.42. The molecule has 0 fully saturated rings. The minimum absolute atomic E-state index is 0.112. The normalized spacial score (nSPS) is 17.0. The summed E-state index contributed by atoms with van der Waals surface area (Å²) in [5.74, 6) is 0.384. The van der Waals surface area contributed by atoms with E-state index in [9.17, 15) is 5.11 Å². The molecule has 1 aromatic heterocycles. The highest BCUT2D eigenvalue weighted by Crippen LogP contribution is 2.33. The summed E-state index contributed by atoms with van der Waals surface area (Å²) in [7, 11) is 0. The van der Waals surface area contributed by atoms with Gasteiger partial charge in [0.05, 0.1) is 29.3 Å². The maximum absolute atomic E-state index is 9.83. The SMILES string of the molecule is N#Cc1cccc(CN2Cc3[nH]cnc3C(c3cccc(O)c3)C2)c1. The number of benzene rings is 2. The van der Waals surface area contributed by atoms with Gasteiger partial charge in [0, 0.05) is 25.6 Å². The van der Waals surface area contributed by atoms with Gasteiger partial charge in [-0.25, -0.2) is 4.98 Å². The largest absolute Gasteiger partial charge is 0.508 e. The van der Waals surface area contributed by atoms with E-state index in [1.54, 1.807) is 12.4 Å². The van der Waals surface area contributed by atoms with Gasteiger partial charge in [-0.3, -0.25) is 4.90 Å². The standard InChI is InChI=1S/C20H18N4O/c21-9-14-3-1-4-15(7-14)10-24-11-18(16-5-2-6-17(25)8-16)20-19(12-24)22-13-23-20/h1-8,13,18,25H,10-12H2,(H,22,23). The molecule has 0 aliphatic carbocycles. The molecule has 3 aromatic rings. The summed E-state index contributed by atoms with van der Waals surface area (Å²) in [6.07, 6.45) is 1.74. The fraction of sp³-hybridized carbons (Fsp3) is 0.200. The predicted molar refractivity (Wildman–Crippen MR) is 93.8 cm³/mol. The van der Waals surface area contributed by atoms with E-state index < -0.39 is 0 Å². The van der Waals surface area contributed by atoms with Crippen molar-refractivity contribution in [2.45, 2.75) is 19.0 Å². The molecule has 2 N–H and O–H groups in total. The summed E-state index contributed by atoms with van der Waals surface area (Å²) in [6.45, 7) is 2.38. The molecular formula is C20H18N4O. The number of imidazole rings is 1. The predicted octanol–water partition coefficient (Wildman–Crippen LogP) is 3.13. The van der Waals surface area contributed by atoms with E-state index >= 15 is 0 Å². The van der Waals surface area contributed by atoms with Crippen LogP contribution < -0.4 is 0 Å². The number of aromatic nitrogens is 2. The third kappa shape index (κ3) is 3.12. The summed E-state index contributed by atoms with van der Waals surface area (Å²) >= 11 is 0. The van der Waals surface area contributed by atoms with E-state index in [-0.39, 0.29) is 11.7 Å². The summed E-state index contributed by atoms with van der Waals surface area (Å²) in [5.41, 5.74) is 5.02. The maximum atomic E-state index is 9.83. The Morgan fingerprint density at radius 1 is 1.24 bits per heavy atom. The number of nitrogens with zero attached hydrogens (tertiary/aromatic N) is 3. The van der Waals surface area contributed by atoms with Crippen LogP contribution in [0.5, 0.6) is 5.75 Å². The molecule has 0 saturated carbocycles. The molecule has 1 unspecified atom stereocenters. The van der Waals surface area contributed by atoms with Gasteiger partial charge < -0.3 is 10.1 Å². The van der Waals surface area contributed by atoms with Gasteiger partial charge in [0.15, 0.2) is 0 Å². The van der Waals surface area contributed by atoms with Gasteiger partial charge in [0.25, 0.3) is 0 Å². The van der Waals surface area contributed by atoms with Gasteiger partial charge >= 0.3 is 0 Å². The summed E-state index contributed by atoms with van der Waals surface area (Å²) in [5, 5.41) is 18.9. The van der Waals surface area contributed by atoms with Crippen molar-refractivity contribution >= 4 is 0 Å². The third-order valence-electron chi connectivity index (χ3n) is 4.64. The van der Waals surface area contributed by atoms with Crippen molar-refractivity contribution < 1.29 is 5.11 Å². The van der Waals surface area contributed by atoms with Crippen molar-refractivity contribution in [2.75, 3.05) is 6.54 Å². The van der Waals surface area contributed by atoms with Crippen molar-refractivity contribution in [3.05, 3.63) is 82.9 Å². The number of nitriles is 1. The van der Waals surface area contributed by atoms with E-state index in [2.05, 4.69) is 20.9 Å². The van der Waals surface area contributed by atoms with Crippen molar-refractivity contribution in [3.63, 3.8) is 0 Å². The van der Waals surface area contributed by atoms with Crippen molar-refractivity contribution in [1.29, 1.82) is 5.26 Å². The minimum atomic E-state index is 0.112. The van der Waals surface area contributed by atoms with Crippen LogP contribution in [0.4, 0.5) is 0 Å². The van der Waals surface area contributed by atoms with Gasteiger partial charge in [-0.1, -0.05) is 24.3 Å². The zero-order valence-electron chi connectivity index (χ0n) is 13.7. The molecule has 1 atom stereocenters. The fourth-order valence-corrected chi connectivity index (χ4v) is 3.51. The van der Waals surface area contributed by atoms with Gasteiger partial charge in [0.2, 0.25) is 0 Å². The molecule has 0 amide bonds. The average molecular weight is 330 g/mol. The lowest BCUT2D eigenvalue weighted by Gasteiger charge is -2.32. The molecule has 0 saturated heterocycles. The molecule has 0 radical (unpaired) electrons. The first kappa shape index (κ1) is 15.4. The molecule has 2 heterocycles. The van der Waals surface area contributed by atoms with Gasteiger partial charge in [-0.15, -0.1) is 0 Å². The Morgan fingerprint density at radius 2 is 2.12 bits per heavy atom. The Hall–Kier alpha value is -3.10. The number of rotatable bonds is 3. The number of nitrogens with one attached hydrogen (secondary N) is 1. The first-order chi connectivity index (χ1) is 12.2. The second-order valence-electron chi connectivity index (χ2n) is 6.40. The van der Waals surface area contributed by atoms with E-state index in [4.69, 9.17) is 5.26 Å². The minimum Gasteiger partial charge on any atom is -0.508 e. The molecule has 124 valence electrons. The number of aromatic hydroxyl groups is 1.